The van der Waals surface area contributed by atoms with Crippen LogP contribution in [0.15, 0.2) is 52.1 Å². The van der Waals surface area contributed by atoms with E-state index in [1.807, 2.05) is 30.5 Å². The number of aromatic nitrogens is 1. The van der Waals surface area contributed by atoms with Crippen LogP contribution in [0.2, 0.25) is 0 Å². The second kappa shape index (κ2) is 6.02. The Morgan fingerprint density at radius 1 is 1.28 bits per heavy atom. The highest BCUT2D eigenvalue weighted by Gasteiger charge is 2.11. The Hall–Kier alpha value is -1.33. The molecule has 0 aliphatic rings. The Morgan fingerprint density at radius 3 is 2.67 bits per heavy atom. The van der Waals surface area contributed by atoms with Gasteiger partial charge in [0, 0.05) is 16.4 Å². The summed E-state index contributed by atoms with van der Waals surface area (Å²) in [4.78, 5) is 16.3. The molecule has 0 saturated carbocycles. The molecule has 2 aromatic rings. The van der Waals surface area contributed by atoms with E-state index in [4.69, 9.17) is 0 Å². The topological polar surface area (TPSA) is 42.0 Å². The van der Waals surface area contributed by atoms with Crippen LogP contribution in [0.4, 0.5) is 5.69 Å². The molecule has 18 heavy (non-hydrogen) atoms. The molecule has 1 heterocycles. The minimum Gasteiger partial charge on any atom is -0.322 e. The van der Waals surface area contributed by atoms with Crippen LogP contribution in [0.1, 0.15) is 10.4 Å². The third-order valence-electron chi connectivity index (χ3n) is 2.31. The fourth-order valence-electron chi connectivity index (χ4n) is 1.46. The molecule has 0 radical (unpaired) electrons. The van der Waals surface area contributed by atoms with Crippen molar-refractivity contribution in [1.82, 2.24) is 4.98 Å². The molecule has 0 aliphatic heterocycles. The first kappa shape index (κ1) is 13.1. The summed E-state index contributed by atoms with van der Waals surface area (Å²) in [7, 11) is 0. The number of halogens is 1. The van der Waals surface area contributed by atoms with E-state index in [1.54, 1.807) is 18.3 Å². The van der Waals surface area contributed by atoms with Crippen LogP contribution in [-0.2, 0) is 0 Å². The first-order chi connectivity index (χ1) is 8.70. The predicted molar refractivity (Wildman–Crippen MR) is 78.1 cm³/mol. The van der Waals surface area contributed by atoms with Crippen molar-refractivity contribution in [3.05, 3.63) is 52.6 Å². The minimum absolute atomic E-state index is 0.144. The monoisotopic (exact) mass is 322 g/mol. The number of thioether (sulfide) groups is 1. The lowest BCUT2D eigenvalue weighted by atomic mass is 10.2. The number of nitrogens with one attached hydrogen (secondary N) is 1. The molecule has 0 saturated heterocycles. The van der Waals surface area contributed by atoms with Gasteiger partial charge < -0.3 is 5.32 Å². The van der Waals surface area contributed by atoms with Gasteiger partial charge in [-0.15, -0.1) is 11.8 Å². The molecule has 2 rings (SSSR count). The van der Waals surface area contributed by atoms with Gasteiger partial charge in [-0.05, 0) is 42.7 Å². The van der Waals surface area contributed by atoms with Gasteiger partial charge in [-0.1, -0.05) is 15.9 Å². The highest BCUT2D eigenvalue weighted by Crippen LogP contribution is 2.19. The molecule has 0 bridgehead atoms. The van der Waals surface area contributed by atoms with Crippen LogP contribution < -0.4 is 5.32 Å². The van der Waals surface area contributed by atoms with Crippen molar-refractivity contribution < 1.29 is 4.79 Å². The molecule has 1 aromatic heterocycles. The molecule has 0 spiro atoms. The van der Waals surface area contributed by atoms with Gasteiger partial charge in [0.1, 0.15) is 5.03 Å². The minimum atomic E-state index is -0.144. The molecular formula is C13H11BrN2OS. The Labute approximate surface area is 118 Å². The molecule has 0 unspecified atom stereocenters. The van der Waals surface area contributed by atoms with Gasteiger partial charge in [0.2, 0.25) is 0 Å². The summed E-state index contributed by atoms with van der Waals surface area (Å²) in [5.74, 6) is -0.144. The number of carbonyl (C=O) groups is 1. The molecular weight excluding hydrogens is 312 g/mol. The molecule has 5 heteroatoms. The summed E-state index contributed by atoms with van der Waals surface area (Å²) < 4.78 is 0.978. The maximum atomic E-state index is 12.1. The van der Waals surface area contributed by atoms with Gasteiger partial charge in [0.25, 0.3) is 5.91 Å². The van der Waals surface area contributed by atoms with Gasteiger partial charge in [-0.2, -0.15) is 0 Å². The van der Waals surface area contributed by atoms with Crippen molar-refractivity contribution in [1.29, 1.82) is 0 Å². The number of carbonyl (C=O) groups excluding carboxylic acids is 1. The Kier molecular flexibility index (Phi) is 4.38. The van der Waals surface area contributed by atoms with Crippen LogP contribution in [0.25, 0.3) is 0 Å². The number of anilines is 1. The lowest BCUT2D eigenvalue weighted by Crippen LogP contribution is -2.13. The predicted octanol–water partition coefficient (Wildman–Crippen LogP) is 3.82. The summed E-state index contributed by atoms with van der Waals surface area (Å²) in [6, 6.07) is 11.0. The third-order valence-corrected chi connectivity index (χ3v) is 3.55. The maximum Gasteiger partial charge on any atom is 0.258 e. The zero-order valence-corrected chi connectivity index (χ0v) is 12.1. The molecule has 1 aromatic carbocycles. The molecule has 0 atom stereocenters. The van der Waals surface area contributed by atoms with Crippen LogP contribution in [0.3, 0.4) is 0 Å². The van der Waals surface area contributed by atoms with Gasteiger partial charge in [-0.25, -0.2) is 4.98 Å². The number of hydrogen-bond acceptors (Lipinski definition) is 3. The van der Waals surface area contributed by atoms with Crippen molar-refractivity contribution in [2.24, 2.45) is 0 Å². The molecule has 3 nitrogen and oxygen atoms in total. The van der Waals surface area contributed by atoms with E-state index < -0.39 is 0 Å². The molecule has 1 amide bonds. The number of pyridine rings is 1. The van der Waals surface area contributed by atoms with Crippen LogP contribution >= 0.6 is 27.7 Å². The maximum absolute atomic E-state index is 12.1. The number of hydrogen-bond donors (Lipinski definition) is 1. The Balaban J connectivity index is 2.19. The fraction of sp³-hybridized carbons (Fsp3) is 0.0769. The first-order valence-corrected chi connectivity index (χ1v) is 7.28. The van der Waals surface area contributed by atoms with E-state index >= 15 is 0 Å². The lowest BCUT2D eigenvalue weighted by Gasteiger charge is -2.07. The van der Waals surface area contributed by atoms with E-state index in [0.29, 0.717) is 5.56 Å². The van der Waals surface area contributed by atoms with Gasteiger partial charge in [0.05, 0.1) is 5.56 Å². The highest BCUT2D eigenvalue weighted by molar-refractivity contribution is 9.10. The number of benzene rings is 1. The SMILES string of the molecule is CSc1ncccc1C(=O)Nc1ccc(Br)cc1. The zero-order valence-electron chi connectivity index (χ0n) is 9.68. The molecule has 0 fully saturated rings. The highest BCUT2D eigenvalue weighted by atomic mass is 79.9. The van der Waals surface area contributed by atoms with Gasteiger partial charge >= 0.3 is 0 Å². The van der Waals surface area contributed by atoms with Crippen LogP contribution in [0.5, 0.6) is 0 Å². The van der Waals surface area contributed by atoms with Crippen molar-refractivity contribution in [2.45, 2.75) is 5.03 Å². The van der Waals surface area contributed by atoms with Crippen LogP contribution in [-0.4, -0.2) is 17.1 Å². The van der Waals surface area contributed by atoms with E-state index in [-0.39, 0.29) is 5.91 Å². The average molecular weight is 323 g/mol. The summed E-state index contributed by atoms with van der Waals surface area (Å²) in [6.07, 6.45) is 3.58. The number of nitrogens with zero attached hydrogens (tertiary/aromatic N) is 1. The number of amides is 1. The number of rotatable bonds is 3. The van der Waals surface area contributed by atoms with Crippen molar-refractivity contribution in [2.75, 3.05) is 11.6 Å². The van der Waals surface area contributed by atoms with E-state index in [0.717, 1.165) is 15.2 Å². The molecule has 1 N–H and O–H groups in total. The second-order valence-corrected chi connectivity index (χ2v) is 5.23. The molecule has 0 aliphatic carbocycles. The Morgan fingerprint density at radius 2 is 2.00 bits per heavy atom. The van der Waals surface area contributed by atoms with Crippen LogP contribution in [0, 0.1) is 0 Å². The summed E-state index contributed by atoms with van der Waals surface area (Å²) in [6.45, 7) is 0. The summed E-state index contributed by atoms with van der Waals surface area (Å²) in [5.41, 5.74) is 1.35. The van der Waals surface area contributed by atoms with Gasteiger partial charge in [0.15, 0.2) is 0 Å². The average Bonchev–Trinajstić information content (AvgIpc) is 2.41. The molecule has 92 valence electrons. The lowest BCUT2D eigenvalue weighted by molar-refractivity contribution is 0.102. The second-order valence-electron chi connectivity index (χ2n) is 3.52. The Bertz CT molecular complexity index is 557. The van der Waals surface area contributed by atoms with E-state index in [2.05, 4.69) is 26.2 Å². The van der Waals surface area contributed by atoms with Crippen molar-refractivity contribution >= 4 is 39.3 Å². The quantitative estimate of drug-likeness (QED) is 0.873. The third kappa shape index (κ3) is 3.11. The smallest absolute Gasteiger partial charge is 0.258 e. The van der Waals surface area contributed by atoms with Crippen molar-refractivity contribution in [3.8, 4) is 0 Å². The summed E-state index contributed by atoms with van der Waals surface area (Å²) in [5, 5.41) is 3.58. The summed E-state index contributed by atoms with van der Waals surface area (Å²) >= 11 is 4.81. The van der Waals surface area contributed by atoms with E-state index in [1.165, 1.54) is 11.8 Å². The van der Waals surface area contributed by atoms with Crippen molar-refractivity contribution in [3.63, 3.8) is 0 Å². The van der Waals surface area contributed by atoms with Gasteiger partial charge in [-0.3, -0.25) is 4.79 Å². The normalized spacial score (nSPS) is 10.1. The standard InChI is InChI=1S/C13H11BrN2OS/c1-18-13-11(3-2-8-15-13)12(17)16-10-6-4-9(14)5-7-10/h2-8H,1H3,(H,16,17). The van der Waals surface area contributed by atoms with E-state index in [9.17, 15) is 4.79 Å². The fourth-order valence-corrected chi connectivity index (χ4v) is 2.27. The first-order valence-electron chi connectivity index (χ1n) is 5.26. The zero-order chi connectivity index (χ0) is 13.0. The largest absolute Gasteiger partial charge is 0.322 e.